The normalized spacial score (nSPS) is 21.8. The summed E-state index contributed by atoms with van der Waals surface area (Å²) in [4.78, 5) is 39.4. The molecule has 2 aliphatic rings. The van der Waals surface area contributed by atoms with Gasteiger partial charge in [-0.25, -0.2) is 0 Å². The summed E-state index contributed by atoms with van der Waals surface area (Å²) in [5, 5.41) is 23.3. The van der Waals surface area contributed by atoms with Gasteiger partial charge in [-0.1, -0.05) is 12.8 Å². The van der Waals surface area contributed by atoms with Crippen LogP contribution in [0.4, 0.5) is 0 Å². The molecule has 3 N–H and O–H groups in total. The maximum Gasteiger partial charge on any atom is 0.247 e. The molecule has 0 bridgehead atoms. The fourth-order valence-corrected chi connectivity index (χ4v) is 5.63. The number of amides is 2. The summed E-state index contributed by atoms with van der Waals surface area (Å²) in [6, 6.07) is 2.43. The van der Waals surface area contributed by atoms with Gasteiger partial charge in [0.25, 0.3) is 0 Å². The summed E-state index contributed by atoms with van der Waals surface area (Å²) in [6.45, 7) is 0.397. The minimum Gasteiger partial charge on any atom is -0.493 e. The molecule has 0 aromatic heterocycles. The molecular formula is C26H35IN2O8. The van der Waals surface area contributed by atoms with Crippen LogP contribution in [0, 0.1) is 9.49 Å². The number of halogens is 1. The molecule has 1 saturated carbocycles. The zero-order valence-electron chi connectivity index (χ0n) is 21.2. The minimum atomic E-state index is -1.15. The largest absolute Gasteiger partial charge is 0.493 e. The average molecular weight is 630 g/mol. The Kier molecular flexibility index (Phi) is 11.2. The summed E-state index contributed by atoms with van der Waals surface area (Å²) in [5.41, 5.74) is 0.747. The number of rotatable bonds is 12. The number of aliphatic hydroxyl groups excluding tert-OH is 2. The van der Waals surface area contributed by atoms with Gasteiger partial charge in [-0.05, 0) is 53.6 Å². The van der Waals surface area contributed by atoms with E-state index in [0.29, 0.717) is 32.5 Å². The molecule has 2 aliphatic carbocycles. The number of ether oxygens (including phenoxy) is 3. The second-order valence-electron chi connectivity index (χ2n) is 9.17. The molecule has 2 amide bonds. The smallest absolute Gasteiger partial charge is 0.247 e. The summed E-state index contributed by atoms with van der Waals surface area (Å²) in [7, 11) is 3.00. The Morgan fingerprint density at radius 1 is 1.24 bits per heavy atom. The monoisotopic (exact) mass is 630 g/mol. The van der Waals surface area contributed by atoms with Crippen LogP contribution in [-0.4, -0.2) is 92.0 Å². The van der Waals surface area contributed by atoms with Crippen molar-refractivity contribution >= 4 is 40.7 Å². The van der Waals surface area contributed by atoms with Crippen molar-refractivity contribution in [3.8, 4) is 11.5 Å². The Morgan fingerprint density at radius 2 is 1.97 bits per heavy atom. The highest BCUT2D eigenvalue weighted by Gasteiger charge is 2.42. The van der Waals surface area contributed by atoms with Gasteiger partial charge in [0.15, 0.2) is 11.5 Å². The summed E-state index contributed by atoms with van der Waals surface area (Å²) in [5.74, 6) is 0.0314. The van der Waals surface area contributed by atoms with Crippen LogP contribution in [0.2, 0.25) is 0 Å². The first-order valence-corrected chi connectivity index (χ1v) is 13.5. The van der Waals surface area contributed by atoms with E-state index in [0.717, 1.165) is 25.7 Å². The van der Waals surface area contributed by atoms with Gasteiger partial charge in [-0.3, -0.25) is 14.4 Å². The van der Waals surface area contributed by atoms with Gasteiger partial charge < -0.3 is 34.6 Å². The number of nitrogens with one attached hydrogen (secondary N) is 1. The van der Waals surface area contributed by atoms with Crippen molar-refractivity contribution in [2.45, 2.75) is 50.4 Å². The number of benzene rings is 1. The minimum absolute atomic E-state index is 0.0585. The molecule has 11 heteroatoms. The second kappa shape index (κ2) is 14.1. The SMILES string of the molecule is COCCN(C(=O)C1CCCC1)C1CC(C(=O)NCCO)=CC(Oc2c(I)cc(C=O)cc2OC)C1O. The van der Waals surface area contributed by atoms with Crippen molar-refractivity contribution in [3.63, 3.8) is 0 Å². The van der Waals surface area contributed by atoms with Gasteiger partial charge in [0.05, 0.1) is 29.9 Å². The number of hydrogen-bond acceptors (Lipinski definition) is 8. The Balaban J connectivity index is 1.98. The Hall–Kier alpha value is -2.22. The van der Waals surface area contributed by atoms with Gasteiger partial charge in [0.1, 0.15) is 18.5 Å². The van der Waals surface area contributed by atoms with Crippen LogP contribution in [0.15, 0.2) is 23.8 Å². The number of methoxy groups -OCH3 is 2. The van der Waals surface area contributed by atoms with Crippen LogP contribution in [0.25, 0.3) is 0 Å². The molecule has 1 fully saturated rings. The maximum absolute atomic E-state index is 13.5. The Morgan fingerprint density at radius 3 is 2.59 bits per heavy atom. The van der Waals surface area contributed by atoms with Crippen molar-refractivity contribution in [1.82, 2.24) is 10.2 Å². The van der Waals surface area contributed by atoms with Crippen LogP contribution >= 0.6 is 22.6 Å². The van der Waals surface area contributed by atoms with Crippen LogP contribution in [-0.2, 0) is 14.3 Å². The van der Waals surface area contributed by atoms with Gasteiger partial charge in [0.2, 0.25) is 11.8 Å². The molecule has 3 atom stereocenters. The average Bonchev–Trinajstić information content (AvgIpc) is 3.45. The molecule has 204 valence electrons. The lowest BCUT2D eigenvalue weighted by atomic mass is 9.87. The first-order valence-electron chi connectivity index (χ1n) is 12.4. The van der Waals surface area contributed by atoms with E-state index in [1.807, 2.05) is 22.6 Å². The van der Waals surface area contributed by atoms with Crippen LogP contribution in [0.1, 0.15) is 42.5 Å². The molecule has 37 heavy (non-hydrogen) atoms. The molecule has 3 unspecified atom stereocenters. The molecule has 0 saturated heterocycles. The molecule has 1 aromatic rings. The zero-order chi connectivity index (χ0) is 26.9. The molecule has 3 rings (SSSR count). The highest BCUT2D eigenvalue weighted by atomic mass is 127. The maximum atomic E-state index is 13.5. The van der Waals surface area contributed by atoms with Crippen LogP contribution in [0.3, 0.4) is 0 Å². The van der Waals surface area contributed by atoms with Crippen LogP contribution < -0.4 is 14.8 Å². The Labute approximate surface area is 230 Å². The third-order valence-corrected chi connectivity index (χ3v) is 7.58. The van der Waals surface area contributed by atoms with E-state index in [-0.39, 0.29) is 44.5 Å². The molecule has 0 radical (unpaired) electrons. The van der Waals surface area contributed by atoms with E-state index in [1.54, 1.807) is 24.2 Å². The molecule has 10 nitrogen and oxygen atoms in total. The van der Waals surface area contributed by atoms with E-state index >= 15 is 0 Å². The van der Waals surface area contributed by atoms with E-state index in [1.165, 1.54) is 13.2 Å². The number of carbonyl (C=O) groups is 3. The fraction of sp³-hybridized carbons (Fsp3) is 0.577. The lowest BCUT2D eigenvalue weighted by molar-refractivity contribution is -0.143. The lowest BCUT2D eigenvalue weighted by Crippen LogP contribution is -2.56. The summed E-state index contributed by atoms with van der Waals surface area (Å²) >= 11 is 2.02. The second-order valence-corrected chi connectivity index (χ2v) is 10.3. The van der Waals surface area contributed by atoms with Gasteiger partial charge in [-0.2, -0.15) is 0 Å². The fourth-order valence-electron chi connectivity index (χ4n) is 4.87. The first kappa shape index (κ1) is 29.3. The quantitative estimate of drug-likeness (QED) is 0.235. The van der Waals surface area contributed by atoms with E-state index in [2.05, 4.69) is 5.32 Å². The standard InChI is InChI=1S/C26H35IN2O8/c1-35-10-8-29(26(34)17-5-3-4-6-17)20-13-18(25(33)28-7-9-30)14-21(23(20)32)37-24-19(27)11-16(15-31)12-22(24)36-2/h11-12,14-15,17,20-21,23,30,32H,3-10,13H2,1-2H3,(H,28,33). The van der Waals surface area contributed by atoms with Gasteiger partial charge in [0, 0.05) is 43.7 Å². The van der Waals surface area contributed by atoms with Crippen LogP contribution in [0.5, 0.6) is 11.5 Å². The third-order valence-electron chi connectivity index (χ3n) is 6.78. The van der Waals surface area contributed by atoms with Crippen molar-refractivity contribution in [2.24, 2.45) is 5.92 Å². The lowest BCUT2D eigenvalue weighted by Gasteiger charge is -2.41. The highest BCUT2D eigenvalue weighted by molar-refractivity contribution is 14.1. The van der Waals surface area contributed by atoms with E-state index in [4.69, 9.17) is 19.3 Å². The number of carbonyl (C=O) groups excluding carboxylic acids is 3. The molecule has 0 spiro atoms. The molecular weight excluding hydrogens is 595 g/mol. The summed E-state index contributed by atoms with van der Waals surface area (Å²) in [6.07, 6.45) is 3.79. The molecule has 1 aromatic carbocycles. The number of aliphatic hydroxyl groups is 2. The predicted octanol–water partition coefficient (Wildman–Crippen LogP) is 1.69. The number of nitrogens with zero attached hydrogens (tertiary/aromatic N) is 1. The van der Waals surface area contributed by atoms with E-state index in [9.17, 15) is 19.5 Å². The number of aldehydes is 1. The van der Waals surface area contributed by atoms with Gasteiger partial charge in [-0.15, -0.1) is 0 Å². The van der Waals surface area contributed by atoms with Crippen molar-refractivity contribution in [3.05, 3.63) is 32.9 Å². The predicted molar refractivity (Wildman–Crippen MR) is 144 cm³/mol. The summed E-state index contributed by atoms with van der Waals surface area (Å²) < 4.78 is 17.5. The zero-order valence-corrected chi connectivity index (χ0v) is 23.3. The topological polar surface area (TPSA) is 135 Å². The molecule has 0 heterocycles. The van der Waals surface area contributed by atoms with Crippen molar-refractivity contribution in [1.29, 1.82) is 0 Å². The van der Waals surface area contributed by atoms with Gasteiger partial charge >= 0.3 is 0 Å². The number of hydrogen-bond donors (Lipinski definition) is 3. The Bertz CT molecular complexity index is 995. The van der Waals surface area contributed by atoms with Crippen molar-refractivity contribution < 1.29 is 38.8 Å². The third kappa shape index (κ3) is 7.21. The first-order chi connectivity index (χ1) is 17.8. The van der Waals surface area contributed by atoms with E-state index < -0.39 is 24.2 Å². The molecule has 0 aliphatic heterocycles. The highest BCUT2D eigenvalue weighted by Crippen LogP contribution is 2.37. The van der Waals surface area contributed by atoms with Crippen molar-refractivity contribution in [2.75, 3.05) is 40.5 Å².